The molecule has 154 valence electrons. The van der Waals surface area contributed by atoms with Gasteiger partial charge in [0, 0.05) is 5.52 Å². The van der Waals surface area contributed by atoms with Gasteiger partial charge in [-0.25, -0.2) is 4.68 Å². The molecule has 1 aromatic carbocycles. The lowest BCUT2D eigenvalue weighted by Gasteiger charge is -2.33. The zero-order valence-electron chi connectivity index (χ0n) is 17.8. The molecule has 2 aromatic heterocycles. The summed E-state index contributed by atoms with van der Waals surface area (Å²) in [4.78, 5) is 17.6. The molecule has 4 rings (SSSR count). The molecule has 3 aromatic rings. The minimum Gasteiger partial charge on any atom is -0.322 e. The van der Waals surface area contributed by atoms with Gasteiger partial charge in [0.25, 0.3) is 5.56 Å². The van der Waals surface area contributed by atoms with Crippen molar-refractivity contribution in [3.05, 3.63) is 51.6 Å². The third-order valence-corrected chi connectivity index (χ3v) is 6.43. The summed E-state index contributed by atoms with van der Waals surface area (Å²) in [5, 5.41) is 13.9. The molecular formula is C22H31N6O+. The molecule has 2 N–H and O–H groups in total. The number of pyridine rings is 1. The van der Waals surface area contributed by atoms with Crippen molar-refractivity contribution in [2.24, 2.45) is 0 Å². The van der Waals surface area contributed by atoms with Gasteiger partial charge in [-0.1, -0.05) is 18.6 Å². The van der Waals surface area contributed by atoms with Gasteiger partial charge in [-0.3, -0.25) is 4.79 Å². The number of aromatic amines is 1. The second kappa shape index (κ2) is 7.71. The van der Waals surface area contributed by atoms with Gasteiger partial charge < -0.3 is 9.88 Å². The highest BCUT2D eigenvalue weighted by molar-refractivity contribution is 5.79. The number of hydrogen-bond donors (Lipinski definition) is 2. The standard InChI is InChI=1S/C22H30N6O/c1-5-22(3,4)28-20(24-25-26-28)19(27-11-7-6-8-12-27)17-14-16-13-15(2)9-10-18(16)23-21(17)29/h9-10,13-14,19H,5-8,11-12H2,1-4H3,(H,23,29)/p+1/t19-/m0/s1. The van der Waals surface area contributed by atoms with Crippen LogP contribution in [0.1, 0.15) is 69.4 Å². The van der Waals surface area contributed by atoms with Crippen molar-refractivity contribution in [2.75, 3.05) is 13.1 Å². The first-order valence-electron chi connectivity index (χ1n) is 10.7. The number of rotatable bonds is 5. The Hall–Kier alpha value is -2.54. The zero-order valence-corrected chi connectivity index (χ0v) is 17.8. The van der Waals surface area contributed by atoms with E-state index in [-0.39, 0.29) is 17.1 Å². The van der Waals surface area contributed by atoms with Crippen LogP contribution in [0.2, 0.25) is 0 Å². The minimum absolute atomic E-state index is 0.0479. The third kappa shape index (κ3) is 3.71. The van der Waals surface area contributed by atoms with Crippen LogP contribution >= 0.6 is 0 Å². The van der Waals surface area contributed by atoms with E-state index < -0.39 is 0 Å². The average Bonchev–Trinajstić information content (AvgIpc) is 3.20. The monoisotopic (exact) mass is 395 g/mol. The number of hydrogen-bond acceptors (Lipinski definition) is 4. The van der Waals surface area contributed by atoms with Gasteiger partial charge in [0.15, 0.2) is 6.04 Å². The van der Waals surface area contributed by atoms with Crippen molar-refractivity contribution in [1.82, 2.24) is 25.2 Å². The van der Waals surface area contributed by atoms with E-state index in [2.05, 4.69) is 54.3 Å². The molecule has 1 saturated heterocycles. The highest BCUT2D eigenvalue weighted by Crippen LogP contribution is 2.25. The number of H-pyrrole nitrogens is 1. The Balaban J connectivity index is 1.91. The molecule has 0 amide bonds. The quantitative estimate of drug-likeness (QED) is 0.693. The molecule has 7 heteroatoms. The molecule has 0 unspecified atom stereocenters. The molecule has 1 aliphatic rings. The molecule has 7 nitrogen and oxygen atoms in total. The van der Waals surface area contributed by atoms with Crippen molar-refractivity contribution >= 4 is 10.9 Å². The number of nitrogens with one attached hydrogen (secondary N) is 2. The van der Waals surface area contributed by atoms with Crippen LogP contribution in [0.5, 0.6) is 0 Å². The van der Waals surface area contributed by atoms with Crippen LogP contribution in [0.15, 0.2) is 29.1 Å². The number of aromatic nitrogens is 5. The van der Waals surface area contributed by atoms with Crippen molar-refractivity contribution in [1.29, 1.82) is 0 Å². The van der Waals surface area contributed by atoms with E-state index in [0.29, 0.717) is 0 Å². The normalized spacial score (nSPS) is 17.0. The Morgan fingerprint density at radius 2 is 1.97 bits per heavy atom. The highest BCUT2D eigenvalue weighted by atomic mass is 16.1. The largest absolute Gasteiger partial charge is 0.322 e. The maximum Gasteiger partial charge on any atom is 0.258 e. The predicted molar refractivity (Wildman–Crippen MR) is 113 cm³/mol. The lowest BCUT2D eigenvalue weighted by Crippen LogP contribution is -3.13. The van der Waals surface area contributed by atoms with Crippen LogP contribution in [0.4, 0.5) is 0 Å². The molecule has 29 heavy (non-hydrogen) atoms. The minimum atomic E-state index is -0.216. The first-order valence-corrected chi connectivity index (χ1v) is 10.7. The smallest absolute Gasteiger partial charge is 0.258 e. The summed E-state index contributed by atoms with van der Waals surface area (Å²) in [5.74, 6) is 0.784. The van der Waals surface area contributed by atoms with E-state index in [1.807, 2.05) is 22.9 Å². The van der Waals surface area contributed by atoms with Crippen molar-refractivity contribution < 1.29 is 4.90 Å². The number of tetrazole rings is 1. The Kier molecular flexibility index (Phi) is 5.25. The Labute approximate surface area is 171 Å². The first-order chi connectivity index (χ1) is 13.9. The number of benzene rings is 1. The molecular weight excluding hydrogens is 364 g/mol. The van der Waals surface area contributed by atoms with E-state index in [0.717, 1.165) is 54.6 Å². The number of piperidine rings is 1. The summed E-state index contributed by atoms with van der Waals surface area (Å²) in [5.41, 5.74) is 2.53. The lowest BCUT2D eigenvalue weighted by molar-refractivity contribution is -0.931. The highest BCUT2D eigenvalue weighted by Gasteiger charge is 2.37. The van der Waals surface area contributed by atoms with Crippen molar-refractivity contribution in [2.45, 2.75) is 65.0 Å². The van der Waals surface area contributed by atoms with Gasteiger partial charge in [0.2, 0.25) is 5.82 Å². The van der Waals surface area contributed by atoms with E-state index in [1.54, 1.807) is 0 Å². The van der Waals surface area contributed by atoms with Crippen LogP contribution in [0.25, 0.3) is 10.9 Å². The summed E-state index contributed by atoms with van der Waals surface area (Å²) < 4.78 is 1.93. The van der Waals surface area contributed by atoms with Gasteiger partial charge in [-0.05, 0) is 80.5 Å². The molecule has 0 spiro atoms. The number of fused-ring (bicyclic) bond motifs is 1. The summed E-state index contributed by atoms with van der Waals surface area (Å²) in [6.07, 6.45) is 4.47. The maximum absolute atomic E-state index is 13.2. The molecule has 1 atom stereocenters. The fourth-order valence-electron chi connectivity index (χ4n) is 4.35. The Morgan fingerprint density at radius 1 is 1.21 bits per heavy atom. The van der Waals surface area contributed by atoms with Gasteiger partial charge in [0.1, 0.15) is 0 Å². The average molecular weight is 396 g/mol. The van der Waals surface area contributed by atoms with Gasteiger partial charge in [-0.2, -0.15) is 0 Å². The Morgan fingerprint density at radius 3 is 2.69 bits per heavy atom. The molecule has 3 heterocycles. The lowest BCUT2D eigenvalue weighted by atomic mass is 9.97. The van der Waals surface area contributed by atoms with E-state index in [4.69, 9.17) is 0 Å². The molecule has 1 aliphatic heterocycles. The van der Waals surface area contributed by atoms with E-state index in [9.17, 15) is 4.79 Å². The van der Waals surface area contributed by atoms with Crippen molar-refractivity contribution in [3.8, 4) is 0 Å². The molecule has 0 saturated carbocycles. The number of likely N-dealkylation sites (tertiary alicyclic amines) is 1. The SMILES string of the molecule is CCC(C)(C)n1nnnc1[C@H](c1cc2cc(C)ccc2[nH]c1=O)[NH+]1CCCCC1. The second-order valence-electron chi connectivity index (χ2n) is 8.91. The van der Waals surface area contributed by atoms with Crippen LogP contribution in [-0.4, -0.2) is 38.3 Å². The van der Waals surface area contributed by atoms with Crippen LogP contribution < -0.4 is 10.5 Å². The van der Waals surface area contributed by atoms with E-state index >= 15 is 0 Å². The molecule has 0 bridgehead atoms. The maximum atomic E-state index is 13.2. The molecule has 1 fully saturated rings. The van der Waals surface area contributed by atoms with Gasteiger partial charge in [0.05, 0.1) is 24.2 Å². The number of nitrogens with zero attached hydrogens (tertiary/aromatic N) is 4. The van der Waals surface area contributed by atoms with Crippen LogP contribution in [0.3, 0.4) is 0 Å². The zero-order chi connectivity index (χ0) is 20.6. The molecule has 0 radical (unpaired) electrons. The number of aryl methyl sites for hydroxylation is 1. The molecule has 0 aliphatic carbocycles. The van der Waals surface area contributed by atoms with Crippen molar-refractivity contribution in [3.63, 3.8) is 0 Å². The summed E-state index contributed by atoms with van der Waals surface area (Å²) >= 11 is 0. The van der Waals surface area contributed by atoms with Gasteiger partial charge >= 0.3 is 0 Å². The van der Waals surface area contributed by atoms with E-state index in [1.165, 1.54) is 16.9 Å². The Bertz CT molecular complexity index is 1060. The summed E-state index contributed by atoms with van der Waals surface area (Å²) in [7, 11) is 0. The topological polar surface area (TPSA) is 80.9 Å². The predicted octanol–water partition coefficient (Wildman–Crippen LogP) is 2.13. The fraction of sp³-hybridized carbons (Fsp3) is 0.545. The van der Waals surface area contributed by atoms with Gasteiger partial charge in [-0.15, -0.1) is 5.10 Å². The van der Waals surface area contributed by atoms with Crippen LogP contribution in [0, 0.1) is 6.92 Å². The summed E-state index contributed by atoms with van der Waals surface area (Å²) in [6, 6.07) is 7.99. The fourth-order valence-corrected chi connectivity index (χ4v) is 4.35. The number of quaternary nitrogens is 1. The van der Waals surface area contributed by atoms with Crippen LogP contribution in [-0.2, 0) is 5.54 Å². The third-order valence-electron chi connectivity index (χ3n) is 6.43. The first kappa shape index (κ1) is 19.8. The summed E-state index contributed by atoms with van der Waals surface area (Å²) in [6.45, 7) is 10.5. The second-order valence-corrected chi connectivity index (χ2v) is 8.91.